The Morgan fingerprint density at radius 3 is 2.68 bits per heavy atom. The van der Waals surface area contributed by atoms with Crippen molar-refractivity contribution in [2.75, 3.05) is 5.32 Å². The summed E-state index contributed by atoms with van der Waals surface area (Å²) in [5, 5.41) is 18.0. The third-order valence-corrected chi connectivity index (χ3v) is 3.99. The smallest absolute Gasteiger partial charge is 0.289 e. The summed E-state index contributed by atoms with van der Waals surface area (Å²) in [5.74, 6) is 0.883. The Hall–Kier alpha value is -2.93. The zero-order chi connectivity index (χ0) is 17.8. The summed E-state index contributed by atoms with van der Waals surface area (Å²) in [7, 11) is 0. The van der Waals surface area contributed by atoms with E-state index in [1.54, 1.807) is 6.07 Å². The molecule has 25 heavy (non-hydrogen) atoms. The van der Waals surface area contributed by atoms with Crippen molar-refractivity contribution in [1.82, 2.24) is 10.1 Å². The standard InChI is InChI=1S/C17H15ClN4O3/c1-2-11-3-5-12(6-4-11)17-20-16(25-21-17)10-19-13-7-8-14(18)15(9-13)22(23)24/h3-9,19H,2,10H2,1H3. The molecule has 3 rings (SSSR count). The van der Waals surface area contributed by atoms with Crippen LogP contribution in [0.15, 0.2) is 47.0 Å². The molecule has 2 aromatic carbocycles. The molecule has 0 saturated heterocycles. The van der Waals surface area contributed by atoms with Crippen LogP contribution in [-0.2, 0) is 13.0 Å². The lowest BCUT2D eigenvalue weighted by atomic mass is 10.1. The predicted molar refractivity (Wildman–Crippen MR) is 94.5 cm³/mol. The highest BCUT2D eigenvalue weighted by atomic mass is 35.5. The molecule has 3 aromatic rings. The summed E-state index contributed by atoms with van der Waals surface area (Å²) in [4.78, 5) is 14.7. The van der Waals surface area contributed by atoms with E-state index in [1.807, 2.05) is 24.3 Å². The topological polar surface area (TPSA) is 94.1 Å². The Labute approximate surface area is 148 Å². The summed E-state index contributed by atoms with van der Waals surface area (Å²) >= 11 is 5.79. The first-order chi connectivity index (χ1) is 12.1. The molecule has 1 heterocycles. The molecule has 1 aromatic heterocycles. The van der Waals surface area contributed by atoms with Gasteiger partial charge in [0.1, 0.15) is 5.02 Å². The van der Waals surface area contributed by atoms with Gasteiger partial charge in [-0.15, -0.1) is 0 Å². The molecule has 0 aliphatic carbocycles. The maximum absolute atomic E-state index is 10.9. The minimum absolute atomic E-state index is 0.0890. The maximum atomic E-state index is 10.9. The van der Waals surface area contributed by atoms with Gasteiger partial charge in [0.2, 0.25) is 11.7 Å². The molecule has 0 atom stereocenters. The van der Waals surface area contributed by atoms with Gasteiger partial charge in [0, 0.05) is 17.3 Å². The van der Waals surface area contributed by atoms with Crippen molar-refractivity contribution in [2.45, 2.75) is 19.9 Å². The van der Waals surface area contributed by atoms with Crippen LogP contribution in [-0.4, -0.2) is 15.1 Å². The normalized spacial score (nSPS) is 10.6. The molecule has 128 valence electrons. The number of nitrogens with one attached hydrogen (secondary N) is 1. The van der Waals surface area contributed by atoms with Crippen LogP contribution in [0.4, 0.5) is 11.4 Å². The van der Waals surface area contributed by atoms with Gasteiger partial charge in [-0.25, -0.2) is 0 Å². The highest BCUT2D eigenvalue weighted by Crippen LogP contribution is 2.27. The van der Waals surface area contributed by atoms with Gasteiger partial charge in [-0.3, -0.25) is 10.1 Å². The van der Waals surface area contributed by atoms with Gasteiger partial charge in [0.05, 0.1) is 11.5 Å². The Kier molecular flexibility index (Phi) is 4.95. The molecular weight excluding hydrogens is 344 g/mol. The summed E-state index contributed by atoms with van der Waals surface area (Å²) in [6.45, 7) is 2.34. The van der Waals surface area contributed by atoms with E-state index in [1.165, 1.54) is 17.7 Å². The van der Waals surface area contributed by atoms with E-state index in [9.17, 15) is 10.1 Å². The molecular formula is C17H15ClN4O3. The number of benzene rings is 2. The number of hydrogen-bond acceptors (Lipinski definition) is 6. The Morgan fingerprint density at radius 1 is 1.24 bits per heavy atom. The van der Waals surface area contributed by atoms with Gasteiger partial charge in [0.15, 0.2) is 0 Å². The lowest BCUT2D eigenvalue weighted by Crippen LogP contribution is -2.00. The molecule has 0 unspecified atom stereocenters. The minimum Gasteiger partial charge on any atom is -0.376 e. The molecule has 0 aliphatic rings. The maximum Gasteiger partial charge on any atom is 0.289 e. The number of nitrogens with zero attached hydrogens (tertiary/aromatic N) is 3. The molecule has 0 bridgehead atoms. The zero-order valence-electron chi connectivity index (χ0n) is 13.4. The average Bonchev–Trinajstić information content (AvgIpc) is 3.10. The first-order valence-electron chi connectivity index (χ1n) is 7.66. The van der Waals surface area contributed by atoms with Crippen LogP contribution in [0.1, 0.15) is 18.4 Å². The van der Waals surface area contributed by atoms with Crippen LogP contribution >= 0.6 is 11.6 Å². The lowest BCUT2D eigenvalue weighted by molar-refractivity contribution is -0.384. The number of halogens is 1. The van der Waals surface area contributed by atoms with Gasteiger partial charge in [-0.2, -0.15) is 4.98 Å². The number of hydrogen-bond donors (Lipinski definition) is 1. The fraction of sp³-hybridized carbons (Fsp3) is 0.176. The quantitative estimate of drug-likeness (QED) is 0.516. The van der Waals surface area contributed by atoms with Gasteiger partial charge in [-0.1, -0.05) is 47.9 Å². The van der Waals surface area contributed by atoms with Crippen LogP contribution in [0.3, 0.4) is 0 Å². The second kappa shape index (κ2) is 7.31. The van der Waals surface area contributed by atoms with Crippen LogP contribution in [0.5, 0.6) is 0 Å². The van der Waals surface area contributed by atoms with Crippen molar-refractivity contribution in [3.8, 4) is 11.4 Å². The van der Waals surface area contributed by atoms with E-state index < -0.39 is 4.92 Å². The number of aryl methyl sites for hydroxylation is 1. The molecule has 0 saturated carbocycles. The number of rotatable bonds is 6. The summed E-state index contributed by atoms with van der Waals surface area (Å²) in [6.07, 6.45) is 0.967. The van der Waals surface area contributed by atoms with Crippen molar-refractivity contribution in [1.29, 1.82) is 0 Å². The van der Waals surface area contributed by atoms with Gasteiger partial charge >= 0.3 is 0 Å². The van der Waals surface area contributed by atoms with Crippen LogP contribution in [0, 0.1) is 10.1 Å². The van der Waals surface area contributed by atoms with Gasteiger partial charge in [0.25, 0.3) is 5.69 Å². The Morgan fingerprint density at radius 2 is 2.00 bits per heavy atom. The molecule has 8 heteroatoms. The first kappa shape index (κ1) is 16.9. The molecule has 0 amide bonds. The first-order valence-corrected chi connectivity index (χ1v) is 8.04. The highest BCUT2D eigenvalue weighted by Gasteiger charge is 2.13. The van der Waals surface area contributed by atoms with E-state index in [-0.39, 0.29) is 17.3 Å². The second-order valence-electron chi connectivity index (χ2n) is 5.34. The number of aromatic nitrogens is 2. The Balaban J connectivity index is 1.69. The molecule has 0 fully saturated rings. The predicted octanol–water partition coefficient (Wildman–Crippen LogP) is 4.47. The molecule has 1 N–H and O–H groups in total. The van der Waals surface area contributed by atoms with Crippen molar-refractivity contribution in [2.24, 2.45) is 0 Å². The summed E-state index contributed by atoms with van der Waals surface area (Å²) in [6, 6.07) is 12.4. The molecule has 0 radical (unpaired) electrons. The van der Waals surface area contributed by atoms with E-state index in [0.29, 0.717) is 17.4 Å². The van der Waals surface area contributed by atoms with Gasteiger partial charge in [-0.05, 0) is 24.1 Å². The molecule has 0 aliphatic heterocycles. The van der Waals surface area contributed by atoms with E-state index in [0.717, 1.165) is 12.0 Å². The zero-order valence-corrected chi connectivity index (χ0v) is 14.2. The number of anilines is 1. The van der Waals surface area contributed by atoms with Crippen LogP contribution in [0.2, 0.25) is 5.02 Å². The largest absolute Gasteiger partial charge is 0.376 e. The number of nitro benzene ring substituents is 1. The van der Waals surface area contributed by atoms with Crippen molar-refractivity contribution < 1.29 is 9.45 Å². The van der Waals surface area contributed by atoms with E-state index in [4.69, 9.17) is 16.1 Å². The van der Waals surface area contributed by atoms with E-state index >= 15 is 0 Å². The second-order valence-corrected chi connectivity index (χ2v) is 5.75. The van der Waals surface area contributed by atoms with Crippen molar-refractivity contribution in [3.63, 3.8) is 0 Å². The summed E-state index contributed by atoms with van der Waals surface area (Å²) in [5.41, 5.74) is 2.49. The fourth-order valence-corrected chi connectivity index (χ4v) is 2.46. The van der Waals surface area contributed by atoms with Crippen LogP contribution in [0.25, 0.3) is 11.4 Å². The average molecular weight is 359 g/mol. The van der Waals surface area contributed by atoms with E-state index in [2.05, 4.69) is 22.4 Å². The molecule has 7 nitrogen and oxygen atoms in total. The van der Waals surface area contributed by atoms with Crippen LogP contribution < -0.4 is 5.32 Å². The number of nitro groups is 1. The minimum atomic E-state index is -0.529. The third kappa shape index (κ3) is 3.95. The molecule has 0 spiro atoms. The highest BCUT2D eigenvalue weighted by molar-refractivity contribution is 6.32. The third-order valence-electron chi connectivity index (χ3n) is 3.68. The lowest BCUT2D eigenvalue weighted by Gasteiger charge is -2.03. The van der Waals surface area contributed by atoms with Crippen molar-refractivity contribution in [3.05, 3.63) is 69.1 Å². The summed E-state index contributed by atoms with van der Waals surface area (Å²) < 4.78 is 5.22. The fourth-order valence-electron chi connectivity index (χ4n) is 2.27. The van der Waals surface area contributed by atoms with Gasteiger partial charge < -0.3 is 9.84 Å². The van der Waals surface area contributed by atoms with Crippen molar-refractivity contribution >= 4 is 23.0 Å². The SMILES string of the molecule is CCc1ccc(-c2noc(CNc3ccc(Cl)c([N+](=O)[O-])c3)n2)cc1. The monoisotopic (exact) mass is 358 g/mol. The Bertz CT molecular complexity index is 893.